The number of aromatic hydroxyl groups is 1. The van der Waals surface area contributed by atoms with Gasteiger partial charge in [-0.1, -0.05) is 6.07 Å². The van der Waals surface area contributed by atoms with Crippen LogP contribution in [0.25, 0.3) is 0 Å². The van der Waals surface area contributed by atoms with Gasteiger partial charge in [0.25, 0.3) is 0 Å². The van der Waals surface area contributed by atoms with Gasteiger partial charge < -0.3 is 9.84 Å². The largest absolute Gasteiger partial charge is 0.504 e. The lowest BCUT2D eigenvalue weighted by molar-refractivity contribution is 0.351. The normalized spacial score (nSPS) is 8.55. The molecule has 0 aliphatic rings. The first kappa shape index (κ1) is 10.2. The fraction of sp³-hybridized carbons (Fsp3) is 0.143. The third-order valence-electron chi connectivity index (χ3n) is 1.15. The Bertz CT molecular complexity index is 220. The molecule has 0 radical (unpaired) electrons. The molecule has 0 saturated carbocycles. The Hall–Kier alpha value is -0.770. The van der Waals surface area contributed by atoms with E-state index in [9.17, 15) is 4.39 Å². The molecule has 0 fully saturated rings. The predicted molar refractivity (Wildman–Crippen MR) is 44.9 cm³/mol. The van der Waals surface area contributed by atoms with Crippen molar-refractivity contribution in [2.24, 2.45) is 0 Å². The highest BCUT2D eigenvalue weighted by molar-refractivity contribution is 8.93. The van der Waals surface area contributed by atoms with Crippen molar-refractivity contribution in [3.05, 3.63) is 24.0 Å². The average molecular weight is 223 g/mol. The zero-order valence-electron chi connectivity index (χ0n) is 5.87. The lowest BCUT2D eigenvalue weighted by atomic mass is 10.3. The lowest BCUT2D eigenvalue weighted by Crippen LogP contribution is -1.86. The molecule has 0 spiro atoms. The molecule has 0 atom stereocenters. The van der Waals surface area contributed by atoms with Gasteiger partial charge in [0.2, 0.25) is 0 Å². The summed E-state index contributed by atoms with van der Waals surface area (Å²) in [5, 5.41) is 8.93. The van der Waals surface area contributed by atoms with Crippen molar-refractivity contribution in [2.45, 2.75) is 0 Å². The van der Waals surface area contributed by atoms with Crippen molar-refractivity contribution in [2.75, 3.05) is 7.11 Å². The number of rotatable bonds is 1. The molecule has 0 bridgehead atoms. The number of hydrogen-bond acceptors (Lipinski definition) is 2. The Morgan fingerprint density at radius 2 is 2.09 bits per heavy atom. The zero-order chi connectivity index (χ0) is 7.56. The first-order valence-corrected chi connectivity index (χ1v) is 2.77. The number of benzene rings is 1. The Kier molecular flexibility index (Phi) is 3.89. The summed E-state index contributed by atoms with van der Waals surface area (Å²) in [5.74, 6) is -0.840. The summed E-state index contributed by atoms with van der Waals surface area (Å²) in [5.41, 5.74) is 0. The van der Waals surface area contributed by atoms with E-state index in [4.69, 9.17) is 5.11 Å². The van der Waals surface area contributed by atoms with Gasteiger partial charge in [-0.05, 0) is 12.1 Å². The fourth-order valence-electron chi connectivity index (χ4n) is 0.700. The van der Waals surface area contributed by atoms with Gasteiger partial charge >= 0.3 is 0 Å². The summed E-state index contributed by atoms with van der Waals surface area (Å²) >= 11 is 0. The van der Waals surface area contributed by atoms with Crippen LogP contribution in [0.4, 0.5) is 4.39 Å². The van der Waals surface area contributed by atoms with Gasteiger partial charge in [0.1, 0.15) is 0 Å². The molecule has 1 N–H and O–H groups in total. The van der Waals surface area contributed by atoms with Gasteiger partial charge in [-0.2, -0.15) is 0 Å². The minimum Gasteiger partial charge on any atom is -0.504 e. The quantitative estimate of drug-likeness (QED) is 0.789. The predicted octanol–water partition coefficient (Wildman–Crippen LogP) is 2.12. The van der Waals surface area contributed by atoms with Crippen LogP contribution in [0, 0.1) is 5.82 Å². The summed E-state index contributed by atoms with van der Waals surface area (Å²) in [6, 6.07) is 3.99. The molecule has 0 aromatic heterocycles. The van der Waals surface area contributed by atoms with Crippen LogP contribution < -0.4 is 4.74 Å². The molecule has 0 aliphatic heterocycles. The van der Waals surface area contributed by atoms with Crippen LogP contribution in [0.1, 0.15) is 0 Å². The summed E-state index contributed by atoms with van der Waals surface area (Å²) < 4.78 is 17.1. The molecule has 0 saturated heterocycles. The van der Waals surface area contributed by atoms with Crippen molar-refractivity contribution in [1.82, 2.24) is 0 Å². The van der Waals surface area contributed by atoms with E-state index in [0.717, 1.165) is 0 Å². The van der Waals surface area contributed by atoms with Crippen molar-refractivity contribution in [3.63, 3.8) is 0 Å². The van der Waals surface area contributed by atoms with E-state index in [2.05, 4.69) is 4.74 Å². The highest BCUT2D eigenvalue weighted by Gasteiger charge is 2.05. The maximum Gasteiger partial charge on any atom is 0.196 e. The SMILES string of the molecule is Br.COc1c(O)cccc1F. The molecule has 1 aromatic carbocycles. The van der Waals surface area contributed by atoms with Gasteiger partial charge in [0.05, 0.1) is 7.11 Å². The lowest BCUT2D eigenvalue weighted by Gasteiger charge is -2.01. The average Bonchev–Trinajstić information content (AvgIpc) is 1.88. The number of phenolic OH excluding ortho intramolecular Hbond substituents is 1. The van der Waals surface area contributed by atoms with E-state index in [1.165, 1.54) is 25.3 Å². The second-order valence-electron chi connectivity index (χ2n) is 1.79. The molecule has 0 heterocycles. The van der Waals surface area contributed by atoms with Crippen LogP contribution in [-0.2, 0) is 0 Å². The third kappa shape index (κ3) is 2.08. The van der Waals surface area contributed by atoms with Crippen LogP contribution in [0.15, 0.2) is 18.2 Å². The van der Waals surface area contributed by atoms with Crippen LogP contribution in [0.5, 0.6) is 11.5 Å². The van der Waals surface area contributed by atoms with E-state index in [0.29, 0.717) is 0 Å². The minimum absolute atomic E-state index is 0. The van der Waals surface area contributed by atoms with E-state index < -0.39 is 5.82 Å². The van der Waals surface area contributed by atoms with Gasteiger partial charge in [0, 0.05) is 0 Å². The first-order valence-electron chi connectivity index (χ1n) is 2.77. The van der Waals surface area contributed by atoms with E-state index in [-0.39, 0.29) is 28.5 Å². The van der Waals surface area contributed by atoms with E-state index in [1.54, 1.807) is 0 Å². The number of para-hydroxylation sites is 1. The van der Waals surface area contributed by atoms with Crippen molar-refractivity contribution < 1.29 is 14.2 Å². The van der Waals surface area contributed by atoms with Crippen molar-refractivity contribution in [3.8, 4) is 11.5 Å². The van der Waals surface area contributed by atoms with Crippen LogP contribution >= 0.6 is 17.0 Å². The standard InChI is InChI=1S/C7H7FO2.BrH/c1-10-7-5(8)3-2-4-6(7)9;/h2-4,9H,1H3;1H. The Balaban J connectivity index is 0.000001000. The van der Waals surface area contributed by atoms with Crippen LogP contribution in [0.2, 0.25) is 0 Å². The van der Waals surface area contributed by atoms with E-state index in [1.807, 2.05) is 0 Å². The number of ether oxygens (including phenoxy) is 1. The van der Waals surface area contributed by atoms with Crippen LogP contribution in [0.3, 0.4) is 0 Å². The van der Waals surface area contributed by atoms with Gasteiger partial charge in [-0.15, -0.1) is 17.0 Å². The molecule has 0 aliphatic carbocycles. The molecule has 1 aromatic rings. The molecule has 2 nitrogen and oxygen atoms in total. The maximum absolute atomic E-state index is 12.6. The summed E-state index contributed by atoms with van der Waals surface area (Å²) in [6.07, 6.45) is 0. The monoisotopic (exact) mass is 222 g/mol. The molecule has 0 amide bonds. The number of halogens is 2. The molecule has 1 rings (SSSR count). The van der Waals surface area contributed by atoms with E-state index >= 15 is 0 Å². The minimum atomic E-state index is -0.553. The molecule has 62 valence electrons. The summed E-state index contributed by atoms with van der Waals surface area (Å²) in [4.78, 5) is 0. The molecular formula is C7H8BrFO2. The fourth-order valence-corrected chi connectivity index (χ4v) is 0.700. The second kappa shape index (κ2) is 4.18. The zero-order valence-corrected chi connectivity index (χ0v) is 7.59. The third-order valence-corrected chi connectivity index (χ3v) is 1.15. The maximum atomic E-state index is 12.6. The van der Waals surface area contributed by atoms with Gasteiger partial charge in [-0.3, -0.25) is 0 Å². The molecule has 11 heavy (non-hydrogen) atoms. The molecule has 4 heteroatoms. The van der Waals surface area contributed by atoms with Crippen LogP contribution in [-0.4, -0.2) is 12.2 Å². The highest BCUT2D eigenvalue weighted by Crippen LogP contribution is 2.27. The smallest absolute Gasteiger partial charge is 0.196 e. The molecule has 0 unspecified atom stereocenters. The van der Waals surface area contributed by atoms with Crippen molar-refractivity contribution in [1.29, 1.82) is 0 Å². The number of phenols is 1. The first-order chi connectivity index (χ1) is 4.75. The topological polar surface area (TPSA) is 29.5 Å². The number of methoxy groups -OCH3 is 1. The second-order valence-corrected chi connectivity index (χ2v) is 1.79. The summed E-state index contributed by atoms with van der Waals surface area (Å²) in [6.45, 7) is 0. The van der Waals surface area contributed by atoms with Gasteiger partial charge in [0.15, 0.2) is 17.3 Å². The Labute approximate surface area is 74.4 Å². The Morgan fingerprint density at radius 3 is 2.45 bits per heavy atom. The number of hydrogen-bond donors (Lipinski definition) is 1. The van der Waals surface area contributed by atoms with Crippen molar-refractivity contribution >= 4 is 17.0 Å². The highest BCUT2D eigenvalue weighted by atomic mass is 79.9. The summed E-state index contributed by atoms with van der Waals surface area (Å²) in [7, 11) is 1.30. The Morgan fingerprint density at radius 1 is 1.45 bits per heavy atom. The molecular weight excluding hydrogens is 215 g/mol. The van der Waals surface area contributed by atoms with Gasteiger partial charge in [-0.25, -0.2) is 4.39 Å².